The first-order valence-corrected chi connectivity index (χ1v) is 7.75. The molecule has 0 bridgehead atoms. The van der Waals surface area contributed by atoms with E-state index in [4.69, 9.17) is 16.3 Å². The zero-order valence-corrected chi connectivity index (χ0v) is 12.7. The van der Waals surface area contributed by atoms with E-state index < -0.39 is 10.0 Å². The summed E-state index contributed by atoms with van der Waals surface area (Å²) in [6.07, 6.45) is 0. The lowest BCUT2D eigenvalue weighted by atomic mass is 10.3. The van der Waals surface area contributed by atoms with Crippen LogP contribution < -0.4 is 4.74 Å². The number of carbonyl (C=O) groups excluding carboxylic acids is 1. The third kappa shape index (κ3) is 2.74. The first-order chi connectivity index (χ1) is 9.36. The van der Waals surface area contributed by atoms with Gasteiger partial charge in [0.15, 0.2) is 0 Å². The highest BCUT2D eigenvalue weighted by Crippen LogP contribution is 2.28. The maximum atomic E-state index is 12.4. The van der Waals surface area contributed by atoms with Crippen molar-refractivity contribution in [2.45, 2.75) is 4.90 Å². The molecular formula is C12H15ClN2O4S. The normalized spacial score (nSPS) is 17.4. The number of hydrogen-bond acceptors (Lipinski definition) is 4. The number of hydrogen-bond donors (Lipinski definition) is 0. The molecule has 1 amide bonds. The Bertz CT molecular complexity index is 632. The standard InChI is InChI=1S/C12H15ClN2O4S/c1-14-5-6-15(8-12(14)16)20(17,18)9-3-4-11(19-2)10(13)7-9/h3-4,7H,5-6,8H2,1-2H3. The Hall–Kier alpha value is -1.31. The van der Waals surface area contributed by atoms with Crippen LogP contribution in [0.4, 0.5) is 0 Å². The first-order valence-electron chi connectivity index (χ1n) is 5.94. The lowest BCUT2D eigenvalue weighted by Crippen LogP contribution is -2.50. The molecule has 0 aliphatic carbocycles. The summed E-state index contributed by atoms with van der Waals surface area (Å²) in [5.41, 5.74) is 0. The monoisotopic (exact) mass is 318 g/mol. The van der Waals surface area contributed by atoms with Gasteiger partial charge in [0.05, 0.1) is 23.6 Å². The van der Waals surface area contributed by atoms with Crippen molar-refractivity contribution in [1.29, 1.82) is 0 Å². The smallest absolute Gasteiger partial charge is 0.243 e. The van der Waals surface area contributed by atoms with Gasteiger partial charge in [0.1, 0.15) is 5.75 Å². The van der Waals surface area contributed by atoms with Crippen LogP contribution >= 0.6 is 11.6 Å². The van der Waals surface area contributed by atoms with Crippen molar-refractivity contribution < 1.29 is 17.9 Å². The molecule has 6 nitrogen and oxygen atoms in total. The predicted molar refractivity (Wildman–Crippen MR) is 74.4 cm³/mol. The minimum absolute atomic E-state index is 0.0562. The quantitative estimate of drug-likeness (QED) is 0.827. The molecule has 0 unspecified atom stereocenters. The van der Waals surface area contributed by atoms with Gasteiger partial charge in [-0.05, 0) is 18.2 Å². The number of ether oxygens (including phenoxy) is 1. The lowest BCUT2D eigenvalue weighted by molar-refractivity contribution is -0.132. The van der Waals surface area contributed by atoms with Crippen molar-refractivity contribution in [3.8, 4) is 5.75 Å². The molecule has 8 heteroatoms. The van der Waals surface area contributed by atoms with Crippen molar-refractivity contribution in [3.05, 3.63) is 23.2 Å². The molecule has 1 aromatic carbocycles. The largest absolute Gasteiger partial charge is 0.495 e. The van der Waals surface area contributed by atoms with E-state index in [1.165, 1.54) is 30.2 Å². The Morgan fingerprint density at radius 1 is 1.30 bits per heavy atom. The zero-order chi connectivity index (χ0) is 14.9. The van der Waals surface area contributed by atoms with E-state index in [1.807, 2.05) is 0 Å². The summed E-state index contributed by atoms with van der Waals surface area (Å²) >= 11 is 5.94. The fourth-order valence-corrected chi connectivity index (χ4v) is 3.63. The van der Waals surface area contributed by atoms with Gasteiger partial charge in [-0.25, -0.2) is 8.42 Å². The Balaban J connectivity index is 2.31. The van der Waals surface area contributed by atoms with Gasteiger partial charge in [-0.15, -0.1) is 0 Å². The summed E-state index contributed by atoms with van der Waals surface area (Å²) in [6.45, 7) is 0.499. The molecule has 0 atom stereocenters. The van der Waals surface area contributed by atoms with Crippen LogP contribution in [0.15, 0.2) is 23.1 Å². The van der Waals surface area contributed by atoms with E-state index in [9.17, 15) is 13.2 Å². The molecule has 110 valence electrons. The average Bonchev–Trinajstić information content (AvgIpc) is 2.41. The molecule has 1 aliphatic rings. The van der Waals surface area contributed by atoms with Gasteiger partial charge < -0.3 is 9.64 Å². The van der Waals surface area contributed by atoms with E-state index in [2.05, 4.69) is 0 Å². The molecule has 1 aliphatic heterocycles. The highest BCUT2D eigenvalue weighted by atomic mass is 35.5. The number of likely N-dealkylation sites (N-methyl/N-ethyl adjacent to an activating group) is 1. The number of rotatable bonds is 3. The van der Waals surface area contributed by atoms with Crippen molar-refractivity contribution in [3.63, 3.8) is 0 Å². The molecular weight excluding hydrogens is 304 g/mol. The number of amides is 1. The SMILES string of the molecule is COc1ccc(S(=O)(=O)N2CCN(C)C(=O)C2)cc1Cl. The fourth-order valence-electron chi connectivity index (χ4n) is 1.90. The molecule has 1 heterocycles. The van der Waals surface area contributed by atoms with Gasteiger partial charge in [-0.2, -0.15) is 4.31 Å². The summed E-state index contributed by atoms with van der Waals surface area (Å²) in [7, 11) is -0.618. The van der Waals surface area contributed by atoms with E-state index in [0.29, 0.717) is 12.3 Å². The third-order valence-electron chi connectivity index (χ3n) is 3.18. The number of piperazine rings is 1. The molecule has 1 aromatic rings. The minimum Gasteiger partial charge on any atom is -0.495 e. The summed E-state index contributed by atoms with van der Waals surface area (Å²) in [6, 6.07) is 4.24. The summed E-state index contributed by atoms with van der Waals surface area (Å²) in [4.78, 5) is 13.2. The highest BCUT2D eigenvalue weighted by molar-refractivity contribution is 7.89. The van der Waals surface area contributed by atoms with Crippen LogP contribution in [0.3, 0.4) is 0 Å². The van der Waals surface area contributed by atoms with Gasteiger partial charge in [-0.3, -0.25) is 4.79 Å². The number of carbonyl (C=O) groups is 1. The molecule has 1 saturated heterocycles. The second-order valence-corrected chi connectivity index (χ2v) is 6.80. The third-order valence-corrected chi connectivity index (χ3v) is 5.32. The van der Waals surface area contributed by atoms with Crippen LogP contribution in [-0.4, -0.2) is 57.3 Å². The first kappa shape index (κ1) is 15.1. The van der Waals surface area contributed by atoms with Crippen LogP contribution in [0.2, 0.25) is 5.02 Å². The Morgan fingerprint density at radius 3 is 2.55 bits per heavy atom. The van der Waals surface area contributed by atoms with Crippen molar-refractivity contribution >= 4 is 27.5 Å². The van der Waals surface area contributed by atoms with Gasteiger partial charge in [0.25, 0.3) is 0 Å². The molecule has 0 aromatic heterocycles. The van der Waals surface area contributed by atoms with Gasteiger partial charge in [0.2, 0.25) is 15.9 Å². The van der Waals surface area contributed by atoms with Crippen LogP contribution in [-0.2, 0) is 14.8 Å². The fraction of sp³-hybridized carbons (Fsp3) is 0.417. The van der Waals surface area contributed by atoms with E-state index >= 15 is 0 Å². The van der Waals surface area contributed by atoms with Crippen LogP contribution in [0.25, 0.3) is 0 Å². The molecule has 0 saturated carbocycles. The Labute approximate surface area is 122 Å². The Morgan fingerprint density at radius 2 is 2.00 bits per heavy atom. The van der Waals surface area contributed by atoms with Gasteiger partial charge in [0, 0.05) is 20.1 Å². The number of methoxy groups -OCH3 is 1. The number of halogens is 1. The highest BCUT2D eigenvalue weighted by Gasteiger charge is 2.31. The molecule has 2 rings (SSSR count). The second kappa shape index (κ2) is 5.59. The zero-order valence-electron chi connectivity index (χ0n) is 11.2. The van der Waals surface area contributed by atoms with E-state index in [-0.39, 0.29) is 28.9 Å². The molecule has 1 fully saturated rings. The Kier molecular flexibility index (Phi) is 4.22. The van der Waals surface area contributed by atoms with E-state index in [1.54, 1.807) is 7.05 Å². The maximum absolute atomic E-state index is 12.4. The molecule has 0 radical (unpaired) electrons. The number of sulfonamides is 1. The maximum Gasteiger partial charge on any atom is 0.243 e. The van der Waals surface area contributed by atoms with Crippen molar-refractivity contribution in [2.75, 3.05) is 33.8 Å². The van der Waals surface area contributed by atoms with Crippen LogP contribution in [0.5, 0.6) is 5.75 Å². The van der Waals surface area contributed by atoms with Gasteiger partial charge in [-0.1, -0.05) is 11.6 Å². The average molecular weight is 319 g/mol. The van der Waals surface area contributed by atoms with E-state index in [0.717, 1.165) is 4.31 Å². The lowest BCUT2D eigenvalue weighted by Gasteiger charge is -2.31. The number of nitrogens with zero attached hydrogens (tertiary/aromatic N) is 2. The van der Waals surface area contributed by atoms with Crippen LogP contribution in [0.1, 0.15) is 0 Å². The summed E-state index contributed by atoms with van der Waals surface area (Å²) in [5, 5.41) is 0.217. The molecule has 20 heavy (non-hydrogen) atoms. The molecule has 0 spiro atoms. The summed E-state index contributed by atoms with van der Waals surface area (Å²) in [5.74, 6) is 0.180. The van der Waals surface area contributed by atoms with Crippen molar-refractivity contribution in [1.82, 2.24) is 9.21 Å². The topological polar surface area (TPSA) is 66.9 Å². The minimum atomic E-state index is -3.72. The number of benzene rings is 1. The predicted octanol–water partition coefficient (Wildman–Crippen LogP) is 0.811. The molecule has 0 N–H and O–H groups in total. The summed E-state index contributed by atoms with van der Waals surface area (Å²) < 4.78 is 31.0. The van der Waals surface area contributed by atoms with Crippen LogP contribution in [0, 0.1) is 0 Å². The second-order valence-electron chi connectivity index (χ2n) is 4.45. The van der Waals surface area contributed by atoms with Crippen molar-refractivity contribution in [2.24, 2.45) is 0 Å². The van der Waals surface area contributed by atoms with Gasteiger partial charge >= 0.3 is 0 Å².